The van der Waals surface area contributed by atoms with E-state index in [0.29, 0.717) is 31.1 Å². The Hall–Kier alpha value is -2.04. The van der Waals surface area contributed by atoms with E-state index in [9.17, 15) is 24.5 Å². The smallest absolute Gasteiger partial charge is 0.369 e. The summed E-state index contributed by atoms with van der Waals surface area (Å²) in [6.07, 6.45) is -0.142. The van der Waals surface area contributed by atoms with E-state index < -0.39 is 34.6 Å². The largest absolute Gasteiger partial charge is 0.480 e. The van der Waals surface area contributed by atoms with Gasteiger partial charge >= 0.3 is 11.3 Å². The van der Waals surface area contributed by atoms with E-state index in [2.05, 4.69) is 4.84 Å². The predicted octanol–water partition coefficient (Wildman–Crippen LogP) is 1.51. The third-order valence-electron chi connectivity index (χ3n) is 3.46. The number of carboxylic acid groups (broad SMARTS) is 1. The molecule has 11 heteroatoms. The molecule has 1 rings (SSSR count). The van der Waals surface area contributed by atoms with Crippen LogP contribution in [-0.2, 0) is 19.2 Å². The van der Waals surface area contributed by atoms with Crippen molar-refractivity contribution in [2.45, 2.75) is 45.4 Å². The van der Waals surface area contributed by atoms with Gasteiger partial charge in [-0.25, -0.2) is 9.59 Å². The van der Waals surface area contributed by atoms with Crippen molar-refractivity contribution < 1.29 is 34.2 Å². The Labute approximate surface area is 142 Å². The molecule has 3 atom stereocenters. The van der Waals surface area contributed by atoms with Crippen molar-refractivity contribution in [3.8, 4) is 0 Å². The van der Waals surface area contributed by atoms with Crippen LogP contribution in [0.5, 0.6) is 0 Å². The quantitative estimate of drug-likeness (QED) is 0.294. The van der Waals surface area contributed by atoms with Crippen LogP contribution in [0.1, 0.15) is 33.1 Å². The first-order chi connectivity index (χ1) is 11.3. The lowest BCUT2D eigenvalue weighted by Gasteiger charge is -2.24. The van der Waals surface area contributed by atoms with Gasteiger partial charge in [-0.3, -0.25) is 9.63 Å². The van der Waals surface area contributed by atoms with Crippen LogP contribution in [0, 0.1) is 16.0 Å². The Morgan fingerprint density at radius 3 is 2.67 bits per heavy atom. The molecule has 0 radical (unpaired) electrons. The van der Waals surface area contributed by atoms with Gasteiger partial charge in [-0.15, -0.1) is 10.1 Å². The summed E-state index contributed by atoms with van der Waals surface area (Å²) in [5, 5.41) is 17.5. The molecule has 1 saturated heterocycles. The summed E-state index contributed by atoms with van der Waals surface area (Å²) < 4.78 is 4.77. The van der Waals surface area contributed by atoms with Crippen LogP contribution in [0.2, 0.25) is 0 Å². The standard InChI is InChI=1S/C13H20N2O8S/c1-3-10(23-15(20)21)22-13(19)24-7-8(2)11(16)14-6-4-5-9(14)12(17)18/h8-10H,3-7H2,1-2H3,(H,17,18)/t8-,9?,10+/m1/s1. The molecule has 1 unspecified atom stereocenters. The molecule has 0 saturated carbocycles. The average molecular weight is 364 g/mol. The van der Waals surface area contributed by atoms with Crippen molar-refractivity contribution in [3.63, 3.8) is 0 Å². The number of likely N-dealkylation sites (tertiary alicyclic amines) is 1. The van der Waals surface area contributed by atoms with Gasteiger partial charge in [0.25, 0.3) is 5.09 Å². The van der Waals surface area contributed by atoms with Crippen LogP contribution in [0.3, 0.4) is 0 Å². The third-order valence-corrected chi connectivity index (χ3v) is 4.46. The Bertz CT molecular complexity index is 500. The van der Waals surface area contributed by atoms with Crippen molar-refractivity contribution in [1.82, 2.24) is 4.90 Å². The van der Waals surface area contributed by atoms with Crippen LogP contribution < -0.4 is 0 Å². The van der Waals surface area contributed by atoms with E-state index in [0.717, 1.165) is 0 Å². The van der Waals surface area contributed by atoms with Gasteiger partial charge in [-0.05, 0) is 24.6 Å². The normalized spacial score (nSPS) is 19.4. The van der Waals surface area contributed by atoms with Crippen LogP contribution >= 0.6 is 11.8 Å². The molecule has 136 valence electrons. The summed E-state index contributed by atoms with van der Waals surface area (Å²) >= 11 is 0.693. The van der Waals surface area contributed by atoms with Gasteiger partial charge in [-0.1, -0.05) is 13.8 Å². The highest BCUT2D eigenvalue weighted by Crippen LogP contribution is 2.22. The number of aliphatic carboxylic acids is 1. The summed E-state index contributed by atoms with van der Waals surface area (Å²) in [6.45, 7) is 3.52. The first-order valence-corrected chi connectivity index (χ1v) is 8.42. The number of amides is 1. The fourth-order valence-corrected chi connectivity index (χ4v) is 2.96. The van der Waals surface area contributed by atoms with Crippen molar-refractivity contribution in [3.05, 3.63) is 10.1 Å². The number of ether oxygens (including phenoxy) is 1. The van der Waals surface area contributed by atoms with Crippen molar-refractivity contribution in [2.24, 2.45) is 5.92 Å². The molecule has 1 fully saturated rings. The minimum absolute atomic E-state index is 0.0788. The molecule has 1 aliphatic rings. The lowest BCUT2D eigenvalue weighted by molar-refractivity contribution is -0.778. The van der Waals surface area contributed by atoms with Gasteiger partial charge in [0.2, 0.25) is 12.2 Å². The number of hydrogen-bond donors (Lipinski definition) is 1. The average Bonchev–Trinajstić information content (AvgIpc) is 3.00. The second-order valence-electron chi connectivity index (χ2n) is 5.27. The minimum atomic E-state index is -1.29. The summed E-state index contributed by atoms with van der Waals surface area (Å²) in [6, 6.07) is -0.824. The van der Waals surface area contributed by atoms with E-state index in [1.54, 1.807) is 13.8 Å². The van der Waals surface area contributed by atoms with Crippen LogP contribution in [0.4, 0.5) is 4.79 Å². The molecule has 10 nitrogen and oxygen atoms in total. The summed E-state index contributed by atoms with van der Waals surface area (Å²) in [4.78, 5) is 50.7. The van der Waals surface area contributed by atoms with Crippen molar-refractivity contribution >= 4 is 28.9 Å². The molecule has 0 spiro atoms. The van der Waals surface area contributed by atoms with Gasteiger partial charge < -0.3 is 14.7 Å². The second-order valence-corrected chi connectivity index (χ2v) is 6.23. The maximum absolute atomic E-state index is 12.3. The monoisotopic (exact) mass is 364 g/mol. The first kappa shape index (κ1) is 20.0. The highest BCUT2D eigenvalue weighted by atomic mass is 32.2. The molecule has 0 bridgehead atoms. The van der Waals surface area contributed by atoms with E-state index in [4.69, 9.17) is 9.84 Å². The Kier molecular flexibility index (Phi) is 7.75. The maximum Gasteiger partial charge on any atom is 0.369 e. The summed E-state index contributed by atoms with van der Waals surface area (Å²) in [7, 11) is 0. The second kappa shape index (κ2) is 9.30. The Morgan fingerprint density at radius 2 is 2.12 bits per heavy atom. The zero-order valence-electron chi connectivity index (χ0n) is 13.4. The SMILES string of the molecule is CC[C@@H](OC(=O)SC[C@@H](C)C(=O)N1CCCC1C(=O)O)O[N+](=O)[O-]. The molecular weight excluding hydrogens is 344 g/mol. The fraction of sp³-hybridized carbons (Fsp3) is 0.769. The summed E-state index contributed by atoms with van der Waals surface area (Å²) in [5.41, 5.74) is 0. The zero-order valence-corrected chi connectivity index (χ0v) is 14.2. The molecule has 0 aromatic heterocycles. The molecule has 0 aromatic carbocycles. The highest BCUT2D eigenvalue weighted by molar-refractivity contribution is 8.13. The van der Waals surface area contributed by atoms with Crippen molar-refractivity contribution in [2.75, 3.05) is 12.3 Å². The molecule has 24 heavy (non-hydrogen) atoms. The van der Waals surface area contributed by atoms with Crippen molar-refractivity contribution in [1.29, 1.82) is 0 Å². The number of hydrogen-bond acceptors (Lipinski definition) is 8. The van der Waals surface area contributed by atoms with Gasteiger partial charge in [0.15, 0.2) is 0 Å². The van der Waals surface area contributed by atoms with Gasteiger partial charge in [-0.2, -0.15) is 0 Å². The molecule has 0 aliphatic carbocycles. The van der Waals surface area contributed by atoms with Crippen LogP contribution in [0.25, 0.3) is 0 Å². The molecule has 0 aromatic rings. The van der Waals surface area contributed by atoms with Gasteiger partial charge in [0.1, 0.15) is 6.04 Å². The Morgan fingerprint density at radius 1 is 1.46 bits per heavy atom. The van der Waals surface area contributed by atoms with Gasteiger partial charge in [0, 0.05) is 24.6 Å². The van der Waals surface area contributed by atoms with E-state index in [1.165, 1.54) is 4.90 Å². The topological polar surface area (TPSA) is 136 Å². The number of carbonyl (C=O) groups excluding carboxylic acids is 2. The van der Waals surface area contributed by atoms with E-state index in [1.807, 2.05) is 0 Å². The fourth-order valence-electron chi connectivity index (χ4n) is 2.25. The predicted molar refractivity (Wildman–Crippen MR) is 82.6 cm³/mol. The maximum atomic E-state index is 12.3. The summed E-state index contributed by atoms with van der Waals surface area (Å²) in [5.74, 6) is -1.88. The highest BCUT2D eigenvalue weighted by Gasteiger charge is 2.36. The number of carbonyl (C=O) groups is 3. The number of thioether (sulfide) groups is 1. The molecule has 1 heterocycles. The zero-order chi connectivity index (χ0) is 18.3. The molecule has 1 amide bonds. The lowest BCUT2D eigenvalue weighted by atomic mass is 10.1. The number of nitrogens with zero attached hydrogens (tertiary/aromatic N) is 2. The van der Waals surface area contributed by atoms with E-state index in [-0.39, 0.29) is 18.1 Å². The third kappa shape index (κ3) is 5.87. The molecule has 1 aliphatic heterocycles. The molecular formula is C13H20N2O8S. The number of carboxylic acids is 1. The van der Waals surface area contributed by atoms with Crippen LogP contribution in [-0.4, -0.2) is 56.9 Å². The first-order valence-electron chi connectivity index (χ1n) is 7.44. The minimum Gasteiger partial charge on any atom is -0.480 e. The van der Waals surface area contributed by atoms with E-state index >= 15 is 0 Å². The van der Waals surface area contributed by atoms with Gasteiger partial charge in [0.05, 0.1) is 0 Å². The number of rotatable bonds is 8. The lowest BCUT2D eigenvalue weighted by Crippen LogP contribution is -2.43. The molecule has 1 N–H and O–H groups in total. The van der Waals surface area contributed by atoms with Crippen LogP contribution in [0.15, 0.2) is 0 Å². The Balaban J connectivity index is 2.45.